The number of hydrogen-bond donors (Lipinski definition) is 1. The molecule has 4 nitrogen and oxygen atoms in total. The molecule has 1 radical (unpaired) electrons. The fraction of sp³-hybridized carbons (Fsp3) is 0. The van der Waals surface area contributed by atoms with Crippen LogP contribution in [-0.4, -0.2) is 41.9 Å². The monoisotopic (exact) mass is 462 g/mol. The molecule has 0 aromatic carbocycles. The van der Waals surface area contributed by atoms with Crippen LogP contribution in [0.15, 0.2) is 0 Å². The van der Waals surface area contributed by atoms with Crippen molar-refractivity contribution in [3.05, 3.63) is 0 Å². The van der Waals surface area contributed by atoms with E-state index < -0.39 is 13.0 Å². The summed E-state index contributed by atoms with van der Waals surface area (Å²) in [7, 11) is 9.34. The molecule has 0 atom stereocenters. The predicted molar refractivity (Wildman–Crippen MR) is 39.6 cm³/mol. The summed E-state index contributed by atoms with van der Waals surface area (Å²) in [6.07, 6.45) is 0. The minimum absolute atomic E-state index is 0. The van der Waals surface area contributed by atoms with Crippen molar-refractivity contribution < 1.29 is 115 Å². The molecule has 0 unspecified atom stereocenters. The molecule has 0 aromatic heterocycles. The van der Waals surface area contributed by atoms with Crippen LogP contribution in [0.5, 0.6) is 0 Å². The SMILES string of the molecule is Cl.Cl.[Ca+2].[Cl][Cu][Cl].[H-].[H-].[H-].[K+].[Mn].[O]=[Mn](=[O])(=[O])[OH]. The van der Waals surface area contributed by atoms with Gasteiger partial charge in [-0.3, -0.25) is 0 Å². The van der Waals surface area contributed by atoms with Crippen LogP contribution in [0, 0.1) is 0 Å². The first-order chi connectivity index (χ1) is 3.41. The molecular weight excluding hydrogens is 458 g/mol. The van der Waals surface area contributed by atoms with Crippen molar-refractivity contribution >= 4 is 82.7 Å². The Kier molecular flexibility index (Phi) is 99.9. The molecule has 0 aliphatic rings. The van der Waals surface area contributed by atoms with Crippen molar-refractivity contribution in [3.63, 3.8) is 0 Å². The van der Waals surface area contributed by atoms with Gasteiger partial charge in [0.1, 0.15) is 0 Å². The van der Waals surface area contributed by atoms with Gasteiger partial charge in [-0.25, -0.2) is 0 Å². The molecule has 0 bridgehead atoms. The summed E-state index contributed by atoms with van der Waals surface area (Å²) in [5.41, 5.74) is 0. The summed E-state index contributed by atoms with van der Waals surface area (Å²) in [5.74, 6) is 0. The molecular formula is H6CaCl4CuKMn2O4. The van der Waals surface area contributed by atoms with Gasteiger partial charge in [0.2, 0.25) is 0 Å². The Labute approximate surface area is 192 Å². The zero-order valence-electron chi connectivity index (χ0n) is 9.01. The van der Waals surface area contributed by atoms with Gasteiger partial charge in [0, 0.05) is 17.1 Å². The van der Waals surface area contributed by atoms with Crippen molar-refractivity contribution in [2.75, 3.05) is 0 Å². The van der Waals surface area contributed by atoms with Crippen LogP contribution >= 0.6 is 45.0 Å². The molecule has 0 saturated carbocycles. The molecule has 0 spiro atoms. The second-order valence-corrected chi connectivity index (χ2v) is 3.23. The Morgan fingerprint density at radius 2 is 1.15 bits per heavy atom. The molecule has 0 amide bonds. The zero-order valence-corrected chi connectivity index (χ0v) is 17.8. The molecule has 0 saturated heterocycles. The van der Waals surface area contributed by atoms with Gasteiger partial charge in [-0.1, -0.05) is 0 Å². The second-order valence-electron chi connectivity index (χ2n) is 0.439. The van der Waals surface area contributed by atoms with E-state index in [9.17, 15) is 0 Å². The van der Waals surface area contributed by atoms with Crippen LogP contribution < -0.4 is 51.4 Å². The molecule has 13 heavy (non-hydrogen) atoms. The Morgan fingerprint density at radius 3 is 1.15 bits per heavy atom. The standard InChI is InChI=1S/Ca.4ClH.Cu.K.2Mn.H2O.3O.3H/h;4*1H;;;;;1H2;;;;;;/q+2;;;;;+2;+1;;+1;;;;;3*-1/p-3. The summed E-state index contributed by atoms with van der Waals surface area (Å²) in [5, 5.41) is 0. The first kappa shape index (κ1) is 43.0. The van der Waals surface area contributed by atoms with E-state index in [-0.39, 0.29) is 135 Å². The van der Waals surface area contributed by atoms with Crippen LogP contribution in [0.4, 0.5) is 0 Å². The maximum absolute atomic E-state index is 8.69. The number of hydrogen-bond acceptors (Lipinski definition) is 3. The third-order valence-electron chi connectivity index (χ3n) is 0. The van der Waals surface area contributed by atoms with Crippen molar-refractivity contribution in [2.24, 2.45) is 0 Å². The average Bonchev–Trinajstić information content (AvgIpc) is 1.27. The molecule has 0 fully saturated rings. The molecule has 0 aliphatic heterocycles. The maximum atomic E-state index is 8.69. The van der Waals surface area contributed by atoms with E-state index in [0.717, 1.165) is 13.1 Å². The fourth-order valence-electron chi connectivity index (χ4n) is 0. The fourth-order valence-corrected chi connectivity index (χ4v) is 0. The van der Waals surface area contributed by atoms with E-state index in [2.05, 4.69) is 20.2 Å². The normalized spacial score (nSPS) is 6.08. The van der Waals surface area contributed by atoms with E-state index in [0.29, 0.717) is 0 Å². The molecule has 0 heterocycles. The predicted octanol–water partition coefficient (Wildman–Crippen LogP) is -1.74. The van der Waals surface area contributed by atoms with Gasteiger partial charge in [0.15, 0.2) is 0 Å². The van der Waals surface area contributed by atoms with Gasteiger partial charge >= 0.3 is 151 Å². The summed E-state index contributed by atoms with van der Waals surface area (Å²) in [4.78, 5) is 0. The first-order valence-electron chi connectivity index (χ1n) is 0.860. The third-order valence-corrected chi connectivity index (χ3v) is 0. The van der Waals surface area contributed by atoms with Crippen LogP contribution in [-0.2, 0) is 54.7 Å². The molecule has 13 heteroatoms. The Bertz CT molecular complexity index is 174. The van der Waals surface area contributed by atoms with Crippen LogP contribution in [0.1, 0.15) is 4.28 Å². The van der Waals surface area contributed by atoms with E-state index in [1.54, 1.807) is 0 Å². The summed E-state index contributed by atoms with van der Waals surface area (Å²) in [6, 6.07) is 0. The first-order valence-corrected chi connectivity index (χ1v) is 5.42. The van der Waals surface area contributed by atoms with Gasteiger partial charge in [0.25, 0.3) is 0 Å². The second kappa shape index (κ2) is 30.2. The van der Waals surface area contributed by atoms with Gasteiger partial charge in [-0.05, 0) is 0 Å². The summed E-state index contributed by atoms with van der Waals surface area (Å²) >= 11 is -4.62. The van der Waals surface area contributed by atoms with Crippen molar-refractivity contribution in [1.82, 2.24) is 0 Å². The van der Waals surface area contributed by atoms with Gasteiger partial charge in [0.05, 0.1) is 0 Å². The average molecular weight is 464 g/mol. The van der Waals surface area contributed by atoms with Gasteiger partial charge < -0.3 is 4.28 Å². The number of rotatable bonds is 0. The minimum atomic E-state index is -5.38. The van der Waals surface area contributed by atoms with Gasteiger partial charge in [-0.2, -0.15) is 0 Å². The number of halogens is 4. The molecule has 0 aliphatic carbocycles. The van der Waals surface area contributed by atoms with E-state index in [1.165, 1.54) is 0 Å². The van der Waals surface area contributed by atoms with Gasteiger partial charge in [-0.15, -0.1) is 24.8 Å². The molecule has 1 N–H and O–H groups in total. The summed E-state index contributed by atoms with van der Waals surface area (Å²) < 4.78 is 33.1. The zero-order chi connectivity index (χ0) is 7.21. The Morgan fingerprint density at radius 1 is 1.15 bits per heavy atom. The third kappa shape index (κ3) is 154. The molecule has 0 rings (SSSR count). The van der Waals surface area contributed by atoms with Crippen molar-refractivity contribution in [3.8, 4) is 0 Å². The van der Waals surface area contributed by atoms with E-state index >= 15 is 0 Å². The topological polar surface area (TPSA) is 71.4 Å². The molecule has 0 aromatic rings. The summed E-state index contributed by atoms with van der Waals surface area (Å²) in [6.45, 7) is 0. The quantitative estimate of drug-likeness (QED) is 0.433. The Hall–Kier alpha value is 4.97. The van der Waals surface area contributed by atoms with E-state index in [1.807, 2.05) is 0 Å². The van der Waals surface area contributed by atoms with E-state index in [4.69, 9.17) is 15.7 Å². The van der Waals surface area contributed by atoms with Crippen LogP contribution in [0.3, 0.4) is 0 Å². The van der Waals surface area contributed by atoms with Crippen LogP contribution in [0.2, 0.25) is 0 Å². The molecule has 86 valence electrons. The van der Waals surface area contributed by atoms with Crippen molar-refractivity contribution in [1.29, 1.82) is 0 Å². The Balaban J connectivity index is -0.00000000388. The van der Waals surface area contributed by atoms with Crippen molar-refractivity contribution in [2.45, 2.75) is 0 Å². The van der Waals surface area contributed by atoms with Crippen LogP contribution in [0.25, 0.3) is 0 Å².